The molecule has 1 N–H and O–H groups in total. The summed E-state index contributed by atoms with van der Waals surface area (Å²) in [5, 5.41) is 2.90. The molecule has 0 aromatic heterocycles. The summed E-state index contributed by atoms with van der Waals surface area (Å²) in [4.78, 5) is 26.7. The first-order chi connectivity index (χ1) is 10.1. The summed E-state index contributed by atoms with van der Waals surface area (Å²) in [6.45, 7) is 5.25. The van der Waals surface area contributed by atoms with E-state index in [-0.39, 0.29) is 17.7 Å². The van der Waals surface area contributed by atoms with Crippen LogP contribution in [-0.4, -0.2) is 29.8 Å². The Morgan fingerprint density at radius 3 is 2.24 bits per heavy atom. The zero-order valence-corrected chi connectivity index (χ0v) is 12.8. The molecule has 1 aromatic rings. The molecule has 2 amide bonds. The molecule has 4 nitrogen and oxygen atoms in total. The van der Waals surface area contributed by atoms with Crippen LogP contribution in [0, 0.1) is 5.92 Å². The fourth-order valence-corrected chi connectivity index (χ4v) is 2.54. The molecule has 114 valence electrons. The van der Waals surface area contributed by atoms with Crippen LogP contribution in [0.1, 0.15) is 44.7 Å². The maximum absolute atomic E-state index is 12.8. The molecule has 1 saturated heterocycles. The van der Waals surface area contributed by atoms with Gasteiger partial charge in [0.2, 0.25) is 11.8 Å². The fourth-order valence-electron chi connectivity index (χ4n) is 2.54. The number of benzene rings is 1. The van der Waals surface area contributed by atoms with Crippen LogP contribution in [-0.2, 0) is 9.59 Å². The van der Waals surface area contributed by atoms with E-state index in [2.05, 4.69) is 5.32 Å². The van der Waals surface area contributed by atoms with Crippen LogP contribution >= 0.6 is 0 Å². The van der Waals surface area contributed by atoms with E-state index in [1.165, 1.54) is 6.42 Å². The van der Waals surface area contributed by atoms with Crippen molar-refractivity contribution >= 4 is 11.8 Å². The number of nitrogens with zero attached hydrogens (tertiary/aromatic N) is 1. The van der Waals surface area contributed by atoms with Gasteiger partial charge in [-0.3, -0.25) is 9.59 Å². The van der Waals surface area contributed by atoms with Gasteiger partial charge in [-0.15, -0.1) is 0 Å². The Hall–Kier alpha value is -1.84. The van der Waals surface area contributed by atoms with Crippen LogP contribution in [0.2, 0.25) is 0 Å². The zero-order chi connectivity index (χ0) is 15.2. The lowest BCUT2D eigenvalue weighted by Gasteiger charge is -2.31. The highest BCUT2D eigenvalue weighted by atomic mass is 16.2. The van der Waals surface area contributed by atoms with E-state index in [4.69, 9.17) is 0 Å². The zero-order valence-electron chi connectivity index (χ0n) is 12.8. The van der Waals surface area contributed by atoms with Crippen LogP contribution < -0.4 is 5.32 Å². The molecule has 0 spiro atoms. The van der Waals surface area contributed by atoms with E-state index in [1.807, 2.05) is 49.1 Å². The van der Waals surface area contributed by atoms with Crippen LogP contribution in [0.3, 0.4) is 0 Å². The average molecular weight is 288 g/mol. The summed E-state index contributed by atoms with van der Waals surface area (Å²) >= 11 is 0. The van der Waals surface area contributed by atoms with E-state index >= 15 is 0 Å². The monoisotopic (exact) mass is 288 g/mol. The van der Waals surface area contributed by atoms with Crippen LogP contribution in [0.25, 0.3) is 0 Å². The van der Waals surface area contributed by atoms with Crippen molar-refractivity contribution in [3.8, 4) is 0 Å². The van der Waals surface area contributed by atoms with Crippen molar-refractivity contribution in [1.82, 2.24) is 10.2 Å². The maximum atomic E-state index is 12.8. The fraction of sp³-hybridized carbons (Fsp3) is 0.529. The lowest BCUT2D eigenvalue weighted by molar-refractivity contribution is -0.138. The third kappa shape index (κ3) is 4.06. The Morgan fingerprint density at radius 1 is 1.05 bits per heavy atom. The molecule has 4 heteroatoms. The Labute approximate surface area is 126 Å². The molecule has 0 saturated carbocycles. The second-order valence-electron chi connectivity index (χ2n) is 5.89. The molecular formula is C17H24N2O2. The normalized spacial score (nSPS) is 16.6. The number of piperidine rings is 1. The Balaban J connectivity index is 2.18. The van der Waals surface area contributed by atoms with Crippen LogP contribution in [0.4, 0.5) is 0 Å². The van der Waals surface area contributed by atoms with E-state index in [9.17, 15) is 9.59 Å². The molecule has 0 aliphatic carbocycles. The molecule has 0 unspecified atom stereocenters. The number of hydrogen-bond donors (Lipinski definition) is 1. The third-order valence-corrected chi connectivity index (χ3v) is 3.86. The van der Waals surface area contributed by atoms with E-state index in [0.29, 0.717) is 0 Å². The highest BCUT2D eigenvalue weighted by Gasteiger charge is 2.28. The van der Waals surface area contributed by atoms with Crippen LogP contribution in [0.5, 0.6) is 0 Å². The van der Waals surface area contributed by atoms with E-state index < -0.39 is 6.04 Å². The molecule has 2 rings (SSSR count). The first kappa shape index (κ1) is 15.5. The van der Waals surface area contributed by atoms with Gasteiger partial charge in [0.15, 0.2) is 0 Å². The summed E-state index contributed by atoms with van der Waals surface area (Å²) in [5.41, 5.74) is 0.849. The summed E-state index contributed by atoms with van der Waals surface area (Å²) in [7, 11) is 0. The highest BCUT2D eigenvalue weighted by Crippen LogP contribution is 2.19. The number of carbonyl (C=O) groups excluding carboxylic acids is 2. The molecule has 1 heterocycles. The van der Waals surface area contributed by atoms with Gasteiger partial charge >= 0.3 is 0 Å². The van der Waals surface area contributed by atoms with Gasteiger partial charge in [-0.2, -0.15) is 0 Å². The van der Waals surface area contributed by atoms with Gasteiger partial charge < -0.3 is 10.2 Å². The predicted molar refractivity (Wildman–Crippen MR) is 82.6 cm³/mol. The lowest BCUT2D eigenvalue weighted by Crippen LogP contribution is -2.45. The second-order valence-corrected chi connectivity index (χ2v) is 5.89. The SMILES string of the molecule is CC(C)C(=O)N[C@H](C(=O)N1CCCCC1)c1ccccc1. The molecule has 0 radical (unpaired) electrons. The molecule has 1 fully saturated rings. The summed E-state index contributed by atoms with van der Waals surface area (Å²) in [6, 6.07) is 8.93. The Bertz CT molecular complexity index is 479. The number of likely N-dealkylation sites (tertiary alicyclic amines) is 1. The third-order valence-electron chi connectivity index (χ3n) is 3.86. The van der Waals surface area contributed by atoms with Crippen molar-refractivity contribution in [2.45, 2.75) is 39.2 Å². The van der Waals surface area contributed by atoms with Gasteiger partial charge in [-0.1, -0.05) is 44.2 Å². The first-order valence-corrected chi connectivity index (χ1v) is 7.73. The van der Waals surface area contributed by atoms with Gasteiger partial charge in [-0.05, 0) is 24.8 Å². The van der Waals surface area contributed by atoms with E-state index in [1.54, 1.807) is 0 Å². The molecule has 21 heavy (non-hydrogen) atoms. The molecular weight excluding hydrogens is 264 g/mol. The second kappa shape index (κ2) is 7.25. The number of rotatable bonds is 4. The van der Waals surface area contributed by atoms with Gasteiger partial charge in [0.1, 0.15) is 6.04 Å². The predicted octanol–water partition coefficient (Wildman–Crippen LogP) is 2.51. The summed E-state index contributed by atoms with van der Waals surface area (Å²) in [6.07, 6.45) is 3.27. The number of amides is 2. The molecule has 1 aromatic carbocycles. The van der Waals surface area contributed by atoms with Crippen molar-refractivity contribution < 1.29 is 9.59 Å². The highest BCUT2D eigenvalue weighted by molar-refractivity contribution is 5.89. The van der Waals surface area contributed by atoms with Crippen molar-refractivity contribution in [3.63, 3.8) is 0 Å². The molecule has 1 atom stereocenters. The molecule has 1 aliphatic heterocycles. The smallest absolute Gasteiger partial charge is 0.249 e. The van der Waals surface area contributed by atoms with Gasteiger partial charge in [-0.25, -0.2) is 0 Å². The Morgan fingerprint density at radius 2 is 1.67 bits per heavy atom. The van der Waals surface area contributed by atoms with Gasteiger partial charge in [0.25, 0.3) is 0 Å². The summed E-state index contributed by atoms with van der Waals surface area (Å²) in [5.74, 6) is -0.213. The van der Waals surface area contributed by atoms with Gasteiger partial charge in [0, 0.05) is 19.0 Å². The maximum Gasteiger partial charge on any atom is 0.249 e. The number of hydrogen-bond acceptors (Lipinski definition) is 2. The van der Waals surface area contributed by atoms with E-state index in [0.717, 1.165) is 31.5 Å². The number of carbonyl (C=O) groups is 2. The number of nitrogens with one attached hydrogen (secondary N) is 1. The molecule has 0 bridgehead atoms. The lowest BCUT2D eigenvalue weighted by atomic mass is 10.0. The standard InChI is InChI=1S/C17H24N2O2/c1-13(2)16(20)18-15(14-9-5-3-6-10-14)17(21)19-11-7-4-8-12-19/h3,5-6,9-10,13,15H,4,7-8,11-12H2,1-2H3,(H,18,20)/t15-/m0/s1. The van der Waals surface area contributed by atoms with Gasteiger partial charge in [0.05, 0.1) is 0 Å². The topological polar surface area (TPSA) is 49.4 Å². The van der Waals surface area contributed by atoms with Crippen molar-refractivity contribution in [2.24, 2.45) is 5.92 Å². The minimum Gasteiger partial charge on any atom is -0.341 e. The van der Waals surface area contributed by atoms with Crippen molar-refractivity contribution in [3.05, 3.63) is 35.9 Å². The molecule has 1 aliphatic rings. The first-order valence-electron chi connectivity index (χ1n) is 7.73. The van der Waals surface area contributed by atoms with Crippen molar-refractivity contribution in [2.75, 3.05) is 13.1 Å². The van der Waals surface area contributed by atoms with Crippen LogP contribution in [0.15, 0.2) is 30.3 Å². The Kier molecular flexibility index (Phi) is 5.37. The summed E-state index contributed by atoms with van der Waals surface area (Å²) < 4.78 is 0. The average Bonchev–Trinajstić information content (AvgIpc) is 2.53. The van der Waals surface area contributed by atoms with Crippen molar-refractivity contribution in [1.29, 1.82) is 0 Å². The minimum atomic E-state index is -0.570. The largest absolute Gasteiger partial charge is 0.341 e. The minimum absolute atomic E-state index is 0.00917. The quantitative estimate of drug-likeness (QED) is 0.925.